The first-order chi connectivity index (χ1) is 6.33. The maximum Gasteiger partial charge on any atom is 0.673 e. The van der Waals surface area contributed by atoms with Crippen LogP contribution in [0, 0.1) is 0 Å². The van der Waals surface area contributed by atoms with Gasteiger partial charge in [0.25, 0.3) is 0 Å². The van der Waals surface area contributed by atoms with Crippen molar-refractivity contribution in [1.82, 2.24) is 0 Å². The van der Waals surface area contributed by atoms with Crippen molar-refractivity contribution in [2.45, 2.75) is 4.90 Å². The Morgan fingerprint density at radius 2 is 1.43 bits per heavy atom. The molecule has 14 heavy (non-hydrogen) atoms. The summed E-state index contributed by atoms with van der Waals surface area (Å²) < 4.78 is 43.9. The van der Waals surface area contributed by atoms with Gasteiger partial charge in [0.2, 0.25) is 0 Å². The van der Waals surface area contributed by atoms with Gasteiger partial charge in [-0.15, -0.1) is 0 Å². The van der Waals surface area contributed by atoms with E-state index in [4.69, 9.17) is 4.74 Å². The first-order valence-corrected chi connectivity index (χ1v) is 4.06. The highest BCUT2D eigenvalue weighted by atomic mass is 32.1. The molecular weight excluding hydrogens is 219 g/mol. The predicted molar refractivity (Wildman–Crippen MR) is 51.6 cm³/mol. The quantitative estimate of drug-likeness (QED) is 0.407. The van der Waals surface area contributed by atoms with E-state index in [-0.39, 0.29) is 0 Å². The SMILES string of the molecule is COc1ccc([SH2+])cc1.F[B-](F)(F)F. The fraction of sp³-hybridized carbons (Fsp3) is 0.143. The molecule has 1 aromatic rings. The van der Waals surface area contributed by atoms with Crippen LogP contribution in [0.25, 0.3) is 0 Å². The summed E-state index contributed by atoms with van der Waals surface area (Å²) in [6.45, 7) is 0. The predicted octanol–water partition coefficient (Wildman–Crippen LogP) is 2.37. The average molecular weight is 228 g/mol. The van der Waals surface area contributed by atoms with Crippen molar-refractivity contribution in [3.63, 3.8) is 0 Å². The van der Waals surface area contributed by atoms with Crippen LogP contribution in [0.1, 0.15) is 0 Å². The van der Waals surface area contributed by atoms with Crippen molar-refractivity contribution < 1.29 is 22.0 Å². The number of rotatable bonds is 1. The minimum absolute atomic E-state index is 0.886. The Morgan fingerprint density at radius 3 is 1.71 bits per heavy atom. The van der Waals surface area contributed by atoms with Crippen LogP contribution in [-0.2, 0) is 12.6 Å². The van der Waals surface area contributed by atoms with Gasteiger partial charge >= 0.3 is 7.25 Å². The van der Waals surface area contributed by atoms with Gasteiger partial charge in [0.05, 0.1) is 7.11 Å². The molecule has 0 atom stereocenters. The van der Waals surface area contributed by atoms with Crippen LogP contribution in [0.15, 0.2) is 29.2 Å². The molecule has 1 aromatic carbocycles. The number of halogens is 4. The Hall–Kier alpha value is -0.845. The van der Waals surface area contributed by atoms with E-state index in [1.165, 1.54) is 0 Å². The van der Waals surface area contributed by atoms with E-state index in [2.05, 4.69) is 12.6 Å². The van der Waals surface area contributed by atoms with Gasteiger partial charge in [0, 0.05) is 0 Å². The third-order valence-corrected chi connectivity index (χ3v) is 1.42. The van der Waals surface area contributed by atoms with Crippen molar-refractivity contribution in [2.24, 2.45) is 0 Å². The molecule has 0 saturated heterocycles. The summed E-state index contributed by atoms with van der Waals surface area (Å²) in [5.74, 6) is 0.886. The molecule has 1 nitrogen and oxygen atoms in total. The van der Waals surface area contributed by atoms with Crippen LogP contribution in [0.2, 0.25) is 0 Å². The van der Waals surface area contributed by atoms with Gasteiger partial charge in [-0.05, 0) is 36.9 Å². The number of hydrogen-bond donors (Lipinski definition) is 0. The van der Waals surface area contributed by atoms with Crippen molar-refractivity contribution in [3.05, 3.63) is 24.3 Å². The highest BCUT2D eigenvalue weighted by Crippen LogP contribution is 2.09. The first kappa shape index (κ1) is 13.2. The van der Waals surface area contributed by atoms with Crippen LogP contribution >= 0.6 is 0 Å². The van der Waals surface area contributed by atoms with E-state index in [0.29, 0.717) is 0 Å². The number of benzene rings is 1. The normalized spacial score (nSPS) is 10.1. The van der Waals surface area contributed by atoms with Gasteiger partial charge < -0.3 is 22.0 Å². The van der Waals surface area contributed by atoms with E-state index >= 15 is 0 Å². The van der Waals surface area contributed by atoms with Crippen molar-refractivity contribution in [3.8, 4) is 5.75 Å². The summed E-state index contributed by atoms with van der Waals surface area (Å²) in [5.41, 5.74) is 0. The van der Waals surface area contributed by atoms with Crippen LogP contribution in [0.3, 0.4) is 0 Å². The standard InChI is InChI=1S/C7H8OS.BF4/c1-8-6-2-4-7(9)5-3-6;2-1(3,4)5/h2-5,9H,1H3;/q;-1/p+1. The van der Waals surface area contributed by atoms with Crippen molar-refractivity contribution in [1.29, 1.82) is 0 Å². The minimum Gasteiger partial charge on any atom is -0.497 e. The molecule has 0 fully saturated rings. The lowest BCUT2D eigenvalue weighted by Gasteiger charge is -1.94. The van der Waals surface area contributed by atoms with Crippen molar-refractivity contribution >= 4 is 19.9 Å². The molecule has 0 bridgehead atoms. The maximum atomic E-state index is 9.75. The van der Waals surface area contributed by atoms with Gasteiger partial charge in [-0.3, -0.25) is 0 Å². The summed E-state index contributed by atoms with van der Waals surface area (Å²) in [4.78, 5) is 1.07. The smallest absolute Gasteiger partial charge is 0.497 e. The lowest BCUT2D eigenvalue weighted by molar-refractivity contribution is 0.368. The Bertz CT molecular complexity index is 255. The molecule has 1 rings (SSSR count). The largest absolute Gasteiger partial charge is 0.673 e. The molecule has 0 aliphatic heterocycles. The number of methoxy groups -OCH3 is 1. The highest BCUT2D eigenvalue weighted by Gasteiger charge is 2.20. The van der Waals surface area contributed by atoms with E-state index < -0.39 is 7.25 Å². The zero-order valence-electron chi connectivity index (χ0n) is 7.31. The van der Waals surface area contributed by atoms with E-state index in [1.54, 1.807) is 7.11 Å². The van der Waals surface area contributed by atoms with E-state index in [0.717, 1.165) is 10.6 Å². The molecular formula is C7H9BF4OS. The number of ether oxygens (including phenoxy) is 1. The zero-order chi connectivity index (χ0) is 11.2. The lowest BCUT2D eigenvalue weighted by Crippen LogP contribution is -2.02. The molecule has 0 saturated carbocycles. The maximum absolute atomic E-state index is 9.75. The van der Waals surface area contributed by atoms with Gasteiger partial charge in [0.15, 0.2) is 4.90 Å². The van der Waals surface area contributed by atoms with Gasteiger partial charge in [-0.1, -0.05) is 0 Å². The molecule has 0 spiro atoms. The summed E-state index contributed by atoms with van der Waals surface area (Å²) in [7, 11) is -4.34. The van der Waals surface area contributed by atoms with Crippen LogP contribution in [0.5, 0.6) is 5.75 Å². The van der Waals surface area contributed by atoms with Gasteiger partial charge in [0.1, 0.15) is 5.75 Å². The zero-order valence-corrected chi connectivity index (χ0v) is 8.31. The molecule has 0 radical (unpaired) electrons. The fourth-order valence-electron chi connectivity index (χ4n) is 0.591. The van der Waals surface area contributed by atoms with Crippen LogP contribution in [0.4, 0.5) is 17.3 Å². The Labute approximate surface area is 84.6 Å². The Morgan fingerprint density at radius 1 is 1.07 bits per heavy atom. The molecule has 0 aromatic heterocycles. The fourth-order valence-corrected chi connectivity index (χ4v) is 0.758. The minimum atomic E-state index is -6.00. The number of hydrogen-bond acceptors (Lipinski definition) is 1. The molecule has 0 N–H and O–H groups in total. The summed E-state index contributed by atoms with van der Waals surface area (Å²) in [5, 5.41) is 0. The molecule has 7 heteroatoms. The highest BCUT2D eigenvalue weighted by molar-refractivity contribution is 7.58. The topological polar surface area (TPSA) is 9.23 Å². The Balaban J connectivity index is 0.000000292. The molecule has 0 heterocycles. The second kappa shape index (κ2) is 5.80. The molecule has 0 unspecified atom stereocenters. The van der Waals surface area contributed by atoms with Gasteiger partial charge in [-0.2, -0.15) is 0 Å². The van der Waals surface area contributed by atoms with Crippen molar-refractivity contribution in [2.75, 3.05) is 7.11 Å². The second-order valence-electron chi connectivity index (χ2n) is 2.22. The van der Waals surface area contributed by atoms with Crippen LogP contribution < -0.4 is 4.74 Å². The Kier molecular flexibility index (Phi) is 5.45. The van der Waals surface area contributed by atoms with E-state index in [1.807, 2.05) is 24.3 Å². The van der Waals surface area contributed by atoms with E-state index in [9.17, 15) is 17.3 Å². The summed E-state index contributed by atoms with van der Waals surface area (Å²) in [6, 6.07) is 7.69. The van der Waals surface area contributed by atoms with Crippen LogP contribution in [-0.4, -0.2) is 14.4 Å². The average Bonchev–Trinajstić information content (AvgIpc) is 2.03. The first-order valence-electron chi connectivity index (χ1n) is 3.56. The lowest BCUT2D eigenvalue weighted by atomic mass is 10.3. The molecule has 0 aliphatic rings. The third kappa shape index (κ3) is 9.24. The summed E-state index contributed by atoms with van der Waals surface area (Å²) in [6.07, 6.45) is 0. The molecule has 0 aliphatic carbocycles. The third-order valence-electron chi connectivity index (χ3n) is 1.09. The van der Waals surface area contributed by atoms with Gasteiger partial charge in [-0.25, -0.2) is 0 Å². The monoisotopic (exact) mass is 228 g/mol. The molecule has 80 valence electrons. The second-order valence-corrected chi connectivity index (χ2v) is 2.80. The summed E-state index contributed by atoms with van der Waals surface area (Å²) >= 11 is 3.37. The molecule has 0 amide bonds.